The zero-order chi connectivity index (χ0) is 24.1. The van der Waals surface area contributed by atoms with E-state index in [0.29, 0.717) is 11.3 Å². The minimum atomic E-state index is -1.22. The van der Waals surface area contributed by atoms with Crippen LogP contribution in [0.2, 0.25) is 0 Å². The molecule has 2 atom stereocenters. The fraction of sp³-hybridized carbons (Fsp3) is 0.250. The number of rotatable bonds is 6. The number of esters is 1. The Morgan fingerprint density at radius 1 is 1.21 bits per heavy atom. The highest BCUT2D eigenvalue weighted by Gasteiger charge is 2.44. The van der Waals surface area contributed by atoms with Crippen LogP contribution < -0.4 is 10.6 Å². The molecule has 2 aromatic carbocycles. The van der Waals surface area contributed by atoms with Gasteiger partial charge in [-0.1, -0.05) is 45.9 Å². The predicted molar refractivity (Wildman–Crippen MR) is 130 cm³/mol. The van der Waals surface area contributed by atoms with Gasteiger partial charge in [0, 0.05) is 16.1 Å². The lowest BCUT2D eigenvalue weighted by Gasteiger charge is -2.31. The van der Waals surface area contributed by atoms with Crippen LogP contribution in [0.15, 0.2) is 57.5 Å². The molecule has 0 unspecified atom stereocenters. The molecule has 1 aliphatic heterocycles. The standard InChI is InChI=1S/C24H22BrN3O4S/c1-13-7-14(2)9-17(8-13)27-19(29)12-33-23-18(11-26)20(15-5-4-6-16(25)10-15)21(22(30)28-23)24(31)32-3/h4-10,20-21H,12H2,1-3H3,(H,27,29)(H,28,30)/t20-,21+/m0/s1. The molecule has 1 heterocycles. The minimum absolute atomic E-state index is 0.0259. The van der Waals surface area contributed by atoms with Gasteiger partial charge in [0.05, 0.1) is 29.5 Å². The Morgan fingerprint density at radius 3 is 2.52 bits per heavy atom. The number of carbonyl (C=O) groups excluding carboxylic acids is 3. The number of benzene rings is 2. The van der Waals surface area contributed by atoms with Crippen LogP contribution in [-0.2, 0) is 19.1 Å². The Kier molecular flexibility index (Phi) is 7.95. The van der Waals surface area contributed by atoms with E-state index in [1.807, 2.05) is 38.1 Å². The number of amides is 2. The van der Waals surface area contributed by atoms with Crippen LogP contribution in [-0.4, -0.2) is 30.6 Å². The molecule has 2 aromatic rings. The number of aryl methyl sites for hydroxylation is 2. The summed E-state index contributed by atoms with van der Waals surface area (Å²) in [7, 11) is 1.20. The van der Waals surface area contributed by atoms with Gasteiger partial charge in [-0.3, -0.25) is 14.4 Å². The predicted octanol–water partition coefficient (Wildman–Crippen LogP) is 4.18. The number of hydrogen-bond acceptors (Lipinski definition) is 6. The maximum Gasteiger partial charge on any atom is 0.319 e. The molecule has 9 heteroatoms. The molecule has 3 rings (SSSR count). The fourth-order valence-corrected chi connectivity index (χ4v) is 5.03. The fourth-order valence-electron chi connectivity index (χ4n) is 3.76. The van der Waals surface area contributed by atoms with Crippen LogP contribution in [0.25, 0.3) is 0 Å². The van der Waals surface area contributed by atoms with Crippen molar-refractivity contribution in [3.05, 3.63) is 74.2 Å². The van der Waals surface area contributed by atoms with Crippen molar-refractivity contribution in [2.45, 2.75) is 19.8 Å². The summed E-state index contributed by atoms with van der Waals surface area (Å²) in [6, 6.07) is 14.9. The van der Waals surface area contributed by atoms with Crippen LogP contribution in [0, 0.1) is 31.1 Å². The van der Waals surface area contributed by atoms with Crippen molar-refractivity contribution in [1.29, 1.82) is 5.26 Å². The van der Waals surface area contributed by atoms with E-state index in [0.717, 1.165) is 27.4 Å². The molecule has 0 aromatic heterocycles. The van der Waals surface area contributed by atoms with E-state index in [2.05, 4.69) is 32.6 Å². The Balaban J connectivity index is 1.89. The van der Waals surface area contributed by atoms with Crippen LogP contribution in [0.3, 0.4) is 0 Å². The molecule has 170 valence electrons. The summed E-state index contributed by atoms with van der Waals surface area (Å²) in [5, 5.41) is 15.7. The SMILES string of the molecule is COC(=O)[C@H]1C(=O)NC(SCC(=O)Nc2cc(C)cc(C)c2)=C(C#N)[C@@H]1c1cccc(Br)c1. The van der Waals surface area contributed by atoms with Gasteiger partial charge in [-0.2, -0.15) is 5.26 Å². The molecule has 1 aliphatic rings. The quantitative estimate of drug-likeness (QED) is 0.431. The number of allylic oxidation sites excluding steroid dienone is 1. The van der Waals surface area contributed by atoms with Crippen molar-refractivity contribution in [3.63, 3.8) is 0 Å². The van der Waals surface area contributed by atoms with Crippen molar-refractivity contribution in [2.24, 2.45) is 5.92 Å². The number of nitriles is 1. The van der Waals surface area contributed by atoms with E-state index >= 15 is 0 Å². The summed E-state index contributed by atoms with van der Waals surface area (Å²) in [6.07, 6.45) is 0. The number of halogens is 1. The molecule has 0 saturated heterocycles. The Hall–Kier alpha value is -3.09. The first-order chi connectivity index (χ1) is 15.7. The first kappa shape index (κ1) is 24.6. The Labute approximate surface area is 204 Å². The second-order valence-electron chi connectivity index (χ2n) is 7.59. The monoisotopic (exact) mass is 527 g/mol. The highest BCUT2D eigenvalue weighted by molar-refractivity contribution is 9.10. The maximum atomic E-state index is 12.9. The van der Waals surface area contributed by atoms with Gasteiger partial charge in [0.15, 0.2) is 0 Å². The van der Waals surface area contributed by atoms with Gasteiger partial charge >= 0.3 is 5.97 Å². The average Bonchev–Trinajstić information content (AvgIpc) is 2.75. The lowest BCUT2D eigenvalue weighted by atomic mass is 9.78. The minimum Gasteiger partial charge on any atom is -0.468 e. The van der Waals surface area contributed by atoms with Gasteiger partial charge in [-0.25, -0.2) is 0 Å². The molecule has 0 bridgehead atoms. The second-order valence-corrected chi connectivity index (χ2v) is 9.49. The molecule has 0 radical (unpaired) electrons. The molecule has 33 heavy (non-hydrogen) atoms. The van der Waals surface area contributed by atoms with Gasteiger partial charge in [0.2, 0.25) is 11.8 Å². The summed E-state index contributed by atoms with van der Waals surface area (Å²) in [4.78, 5) is 37.8. The molecule has 0 spiro atoms. The summed E-state index contributed by atoms with van der Waals surface area (Å²) in [5.74, 6) is -3.67. The van der Waals surface area contributed by atoms with Crippen molar-refractivity contribution in [2.75, 3.05) is 18.2 Å². The van der Waals surface area contributed by atoms with Gasteiger partial charge in [-0.05, 0) is 54.8 Å². The molecule has 0 fully saturated rings. The zero-order valence-electron chi connectivity index (χ0n) is 18.3. The topological polar surface area (TPSA) is 108 Å². The normalized spacial score (nSPS) is 17.7. The van der Waals surface area contributed by atoms with Gasteiger partial charge < -0.3 is 15.4 Å². The van der Waals surface area contributed by atoms with Crippen molar-refractivity contribution < 1.29 is 19.1 Å². The number of nitrogens with zero attached hydrogens (tertiary/aromatic N) is 1. The lowest BCUT2D eigenvalue weighted by molar-refractivity contribution is -0.150. The average molecular weight is 528 g/mol. The number of thioether (sulfide) groups is 1. The molecule has 2 N–H and O–H groups in total. The Bertz CT molecular complexity index is 1170. The van der Waals surface area contributed by atoms with E-state index in [1.54, 1.807) is 18.2 Å². The Morgan fingerprint density at radius 2 is 1.91 bits per heavy atom. The third kappa shape index (κ3) is 5.83. The molecule has 0 aliphatic carbocycles. The van der Waals surface area contributed by atoms with Crippen molar-refractivity contribution >= 4 is 51.2 Å². The third-order valence-corrected chi connectivity index (χ3v) is 6.55. The smallest absolute Gasteiger partial charge is 0.319 e. The summed E-state index contributed by atoms with van der Waals surface area (Å²) in [5.41, 5.74) is 3.55. The largest absolute Gasteiger partial charge is 0.468 e. The number of methoxy groups -OCH3 is 1. The van der Waals surface area contributed by atoms with Crippen LogP contribution in [0.1, 0.15) is 22.6 Å². The molecular weight excluding hydrogens is 506 g/mol. The van der Waals surface area contributed by atoms with Crippen molar-refractivity contribution in [3.8, 4) is 6.07 Å². The van der Waals surface area contributed by atoms with Gasteiger partial charge in [0.1, 0.15) is 5.92 Å². The van der Waals surface area contributed by atoms with E-state index < -0.39 is 23.7 Å². The van der Waals surface area contributed by atoms with Crippen LogP contribution >= 0.6 is 27.7 Å². The van der Waals surface area contributed by atoms with E-state index in [4.69, 9.17) is 4.74 Å². The number of carbonyl (C=O) groups is 3. The third-order valence-electron chi connectivity index (χ3n) is 5.04. The number of ether oxygens (including phenoxy) is 1. The molecule has 7 nitrogen and oxygen atoms in total. The number of anilines is 1. The first-order valence-corrected chi connectivity index (χ1v) is 11.8. The zero-order valence-corrected chi connectivity index (χ0v) is 20.7. The molecule has 0 saturated carbocycles. The summed E-state index contributed by atoms with van der Waals surface area (Å²) in [6.45, 7) is 3.89. The molecule has 2 amide bonds. The summed E-state index contributed by atoms with van der Waals surface area (Å²) >= 11 is 4.44. The second kappa shape index (κ2) is 10.7. The highest BCUT2D eigenvalue weighted by Crippen LogP contribution is 2.40. The van der Waals surface area contributed by atoms with E-state index in [-0.39, 0.29) is 22.3 Å². The maximum absolute atomic E-state index is 12.9. The number of hydrogen-bond donors (Lipinski definition) is 2. The van der Waals surface area contributed by atoms with Crippen molar-refractivity contribution in [1.82, 2.24) is 5.32 Å². The van der Waals surface area contributed by atoms with E-state index in [9.17, 15) is 19.6 Å². The van der Waals surface area contributed by atoms with Gasteiger partial charge in [0.25, 0.3) is 0 Å². The molecular formula is C24H22BrN3O4S. The lowest BCUT2D eigenvalue weighted by Crippen LogP contribution is -2.44. The van der Waals surface area contributed by atoms with Crippen LogP contribution in [0.5, 0.6) is 0 Å². The van der Waals surface area contributed by atoms with Crippen LogP contribution in [0.4, 0.5) is 5.69 Å². The van der Waals surface area contributed by atoms with E-state index in [1.165, 1.54) is 7.11 Å². The van der Waals surface area contributed by atoms with Gasteiger partial charge in [-0.15, -0.1) is 0 Å². The summed E-state index contributed by atoms with van der Waals surface area (Å²) < 4.78 is 5.58. The highest BCUT2D eigenvalue weighted by atomic mass is 79.9. The first-order valence-electron chi connectivity index (χ1n) is 10.0. The number of nitrogens with one attached hydrogen (secondary N) is 2.